The Kier molecular flexibility index (Phi) is 3.12. The zero-order valence-corrected chi connectivity index (χ0v) is 12.5. The summed E-state index contributed by atoms with van der Waals surface area (Å²) >= 11 is 0. The van der Waals surface area contributed by atoms with Crippen LogP contribution in [0.25, 0.3) is 0 Å². The van der Waals surface area contributed by atoms with E-state index in [2.05, 4.69) is 46.6 Å². The van der Waals surface area contributed by atoms with E-state index in [1.54, 1.807) is 0 Å². The molecular weight excluding hydrogens is 272 g/mol. The normalized spacial score (nSPS) is 23.9. The number of anilines is 1. The molecule has 0 saturated carbocycles. The average molecular weight is 292 g/mol. The van der Waals surface area contributed by atoms with Crippen LogP contribution in [0.4, 0.5) is 5.69 Å². The lowest BCUT2D eigenvalue weighted by Gasteiger charge is -2.33. The van der Waals surface area contributed by atoms with Gasteiger partial charge in [-0.1, -0.05) is 42.5 Å². The maximum atomic E-state index is 6.19. The van der Waals surface area contributed by atoms with Crippen molar-refractivity contribution in [3.05, 3.63) is 65.7 Å². The number of fused-ring (bicyclic) bond motifs is 1. The van der Waals surface area contributed by atoms with Crippen LogP contribution in [-0.4, -0.2) is 29.5 Å². The van der Waals surface area contributed by atoms with E-state index >= 15 is 0 Å². The van der Waals surface area contributed by atoms with Crippen LogP contribution in [0.1, 0.15) is 17.5 Å². The molecule has 0 amide bonds. The fourth-order valence-corrected chi connectivity index (χ4v) is 3.43. The molecule has 1 atom stereocenters. The molecule has 4 rings (SSSR count). The summed E-state index contributed by atoms with van der Waals surface area (Å²) in [5.41, 5.74) is 9.36. The maximum absolute atomic E-state index is 6.19. The number of benzene rings is 2. The third-order valence-electron chi connectivity index (χ3n) is 4.48. The predicted molar refractivity (Wildman–Crippen MR) is 89.9 cm³/mol. The van der Waals surface area contributed by atoms with Crippen LogP contribution >= 0.6 is 0 Å². The van der Waals surface area contributed by atoms with Gasteiger partial charge in [-0.2, -0.15) is 0 Å². The van der Waals surface area contributed by atoms with Gasteiger partial charge in [-0.25, -0.2) is 4.99 Å². The first-order valence-electron chi connectivity index (χ1n) is 7.73. The number of para-hydroxylation sites is 1. The van der Waals surface area contributed by atoms with Crippen LogP contribution in [0.5, 0.6) is 0 Å². The summed E-state index contributed by atoms with van der Waals surface area (Å²) in [5.74, 6) is 0.649. The third kappa shape index (κ3) is 2.35. The van der Waals surface area contributed by atoms with Crippen molar-refractivity contribution in [3.8, 4) is 0 Å². The highest BCUT2D eigenvalue weighted by molar-refractivity contribution is 6.04. The molecule has 4 nitrogen and oxygen atoms in total. The summed E-state index contributed by atoms with van der Waals surface area (Å²) in [6, 6.07) is 18.7. The van der Waals surface area contributed by atoms with Gasteiger partial charge in [0, 0.05) is 37.3 Å². The molecule has 2 aliphatic rings. The van der Waals surface area contributed by atoms with Gasteiger partial charge >= 0.3 is 0 Å². The minimum Gasteiger partial charge on any atom is -0.383 e. The van der Waals surface area contributed by atoms with E-state index in [0.29, 0.717) is 5.84 Å². The van der Waals surface area contributed by atoms with Gasteiger partial charge in [0.25, 0.3) is 0 Å². The molecule has 2 aromatic rings. The van der Waals surface area contributed by atoms with Crippen molar-refractivity contribution in [1.82, 2.24) is 4.90 Å². The van der Waals surface area contributed by atoms with E-state index in [1.165, 1.54) is 5.56 Å². The molecule has 1 spiro atoms. The van der Waals surface area contributed by atoms with Gasteiger partial charge in [-0.15, -0.1) is 0 Å². The molecule has 0 radical (unpaired) electrons. The number of likely N-dealkylation sites (tertiary alicyclic amines) is 1. The monoisotopic (exact) mass is 292 g/mol. The van der Waals surface area contributed by atoms with Gasteiger partial charge in [0.15, 0.2) is 0 Å². The van der Waals surface area contributed by atoms with Crippen molar-refractivity contribution in [1.29, 1.82) is 0 Å². The Labute approximate surface area is 130 Å². The summed E-state index contributed by atoms with van der Waals surface area (Å²) in [6.07, 6.45) is 0.981. The van der Waals surface area contributed by atoms with Crippen molar-refractivity contribution in [2.75, 3.05) is 18.4 Å². The Balaban J connectivity index is 1.54. The van der Waals surface area contributed by atoms with Crippen molar-refractivity contribution >= 4 is 11.5 Å². The number of hydrogen-bond donors (Lipinski definition) is 2. The lowest BCUT2D eigenvalue weighted by molar-refractivity contribution is 0.312. The Morgan fingerprint density at radius 2 is 1.86 bits per heavy atom. The summed E-state index contributed by atoms with van der Waals surface area (Å²) in [6.45, 7) is 2.87. The average Bonchev–Trinajstić information content (AvgIpc) is 2.90. The highest BCUT2D eigenvalue weighted by atomic mass is 15.3. The summed E-state index contributed by atoms with van der Waals surface area (Å²) in [4.78, 5) is 7.23. The van der Waals surface area contributed by atoms with E-state index in [0.717, 1.165) is 37.3 Å². The second-order valence-corrected chi connectivity index (χ2v) is 6.15. The summed E-state index contributed by atoms with van der Waals surface area (Å²) in [5, 5.41) is 3.61. The smallest absolute Gasteiger partial charge is 0.145 e. The van der Waals surface area contributed by atoms with Gasteiger partial charge in [-0.05, 0) is 17.7 Å². The largest absolute Gasteiger partial charge is 0.383 e. The van der Waals surface area contributed by atoms with Crippen LogP contribution in [0.3, 0.4) is 0 Å². The molecule has 1 saturated heterocycles. The first-order valence-corrected chi connectivity index (χ1v) is 7.73. The summed E-state index contributed by atoms with van der Waals surface area (Å²) < 4.78 is 0. The van der Waals surface area contributed by atoms with E-state index in [9.17, 15) is 0 Å². The van der Waals surface area contributed by atoms with Crippen molar-refractivity contribution in [3.63, 3.8) is 0 Å². The van der Waals surface area contributed by atoms with E-state index < -0.39 is 0 Å². The van der Waals surface area contributed by atoms with E-state index in [1.807, 2.05) is 18.2 Å². The van der Waals surface area contributed by atoms with E-state index in [-0.39, 0.29) is 5.66 Å². The molecule has 3 N–H and O–H groups in total. The highest BCUT2D eigenvalue weighted by Crippen LogP contribution is 2.33. The lowest BCUT2D eigenvalue weighted by atomic mass is 10.0. The van der Waals surface area contributed by atoms with Crippen LogP contribution in [0.15, 0.2) is 59.6 Å². The number of aliphatic imine (C=N–C) groups is 1. The van der Waals surface area contributed by atoms with Crippen molar-refractivity contribution in [2.45, 2.75) is 18.6 Å². The SMILES string of the molecule is NC1=NC2(CCN(Cc3ccccc3)C2)Nc2ccccc21. The first kappa shape index (κ1) is 13.3. The zero-order valence-electron chi connectivity index (χ0n) is 12.5. The van der Waals surface area contributed by atoms with Gasteiger partial charge in [-0.3, -0.25) is 4.90 Å². The number of amidine groups is 1. The number of nitrogens with two attached hydrogens (primary N) is 1. The quantitative estimate of drug-likeness (QED) is 0.894. The topological polar surface area (TPSA) is 53.6 Å². The molecule has 4 heteroatoms. The Morgan fingerprint density at radius 3 is 2.73 bits per heavy atom. The van der Waals surface area contributed by atoms with Gasteiger partial charge in [0.1, 0.15) is 11.5 Å². The van der Waals surface area contributed by atoms with Crippen molar-refractivity contribution < 1.29 is 0 Å². The summed E-state index contributed by atoms with van der Waals surface area (Å²) in [7, 11) is 0. The zero-order chi connectivity index (χ0) is 15.0. The molecule has 1 unspecified atom stereocenters. The number of nitrogens with one attached hydrogen (secondary N) is 1. The molecule has 0 aromatic heterocycles. The minimum absolute atomic E-state index is 0.271. The second-order valence-electron chi connectivity index (χ2n) is 6.15. The molecule has 1 fully saturated rings. The van der Waals surface area contributed by atoms with Gasteiger partial charge in [0.2, 0.25) is 0 Å². The number of rotatable bonds is 2. The molecule has 112 valence electrons. The maximum Gasteiger partial charge on any atom is 0.145 e. The molecule has 22 heavy (non-hydrogen) atoms. The predicted octanol–water partition coefficient (Wildman–Crippen LogP) is 2.42. The standard InChI is InChI=1S/C18H20N4/c19-17-15-8-4-5-9-16(15)20-18(21-17)10-11-22(13-18)12-14-6-2-1-3-7-14/h1-9,20H,10-13H2,(H2,19,21). The highest BCUT2D eigenvalue weighted by Gasteiger charge is 2.40. The molecular formula is C18H20N4. The molecule has 0 bridgehead atoms. The second kappa shape index (κ2) is 5.14. The molecule has 2 aromatic carbocycles. The fraction of sp³-hybridized carbons (Fsp3) is 0.278. The fourth-order valence-electron chi connectivity index (χ4n) is 3.43. The van der Waals surface area contributed by atoms with Crippen LogP contribution in [-0.2, 0) is 6.54 Å². The Hall–Kier alpha value is -2.33. The molecule has 0 aliphatic carbocycles. The third-order valence-corrected chi connectivity index (χ3v) is 4.48. The van der Waals surface area contributed by atoms with Crippen molar-refractivity contribution in [2.24, 2.45) is 10.7 Å². The first-order chi connectivity index (χ1) is 10.7. The Bertz CT molecular complexity index is 710. The number of hydrogen-bond acceptors (Lipinski definition) is 4. The lowest BCUT2D eigenvalue weighted by Crippen LogP contribution is -2.44. The van der Waals surface area contributed by atoms with Gasteiger partial charge < -0.3 is 11.1 Å². The molecule has 2 aliphatic heterocycles. The molecule has 2 heterocycles. The van der Waals surface area contributed by atoms with E-state index in [4.69, 9.17) is 10.7 Å². The van der Waals surface area contributed by atoms with Gasteiger partial charge in [0.05, 0.1) is 0 Å². The number of nitrogens with zero attached hydrogens (tertiary/aromatic N) is 2. The van der Waals surface area contributed by atoms with Crippen LogP contribution < -0.4 is 11.1 Å². The Morgan fingerprint density at radius 1 is 1.09 bits per heavy atom. The van der Waals surface area contributed by atoms with Crippen LogP contribution in [0, 0.1) is 0 Å². The minimum atomic E-state index is -0.271. The van der Waals surface area contributed by atoms with Crippen LogP contribution in [0.2, 0.25) is 0 Å².